The van der Waals surface area contributed by atoms with Crippen LogP contribution < -0.4 is 9.88 Å². The molecule has 0 saturated carbocycles. The zero-order chi connectivity index (χ0) is 13.8. The molecule has 0 aliphatic heterocycles. The lowest BCUT2D eigenvalue weighted by atomic mass is 10.2. The number of hydrogen-bond donors (Lipinski definition) is 1. The molecular weight excluding hydrogens is 262 g/mol. The lowest BCUT2D eigenvalue weighted by Crippen LogP contribution is -2.21. The van der Waals surface area contributed by atoms with Gasteiger partial charge in [-0.15, -0.1) is 0 Å². The molecule has 0 fully saturated rings. The molecule has 0 spiro atoms. The summed E-state index contributed by atoms with van der Waals surface area (Å²) in [6.07, 6.45) is 0. The minimum Gasteiger partial charge on any atom is -0.486 e. The molecule has 1 aromatic rings. The zero-order valence-electron chi connectivity index (χ0n) is 9.07. The number of benzene rings is 1. The van der Waals surface area contributed by atoms with E-state index in [1.807, 2.05) is 0 Å². The number of nitrogens with zero attached hydrogens (tertiary/aromatic N) is 2. The summed E-state index contributed by atoms with van der Waals surface area (Å²) in [5.74, 6) is -0.563. The fraction of sp³-hybridized carbons (Fsp3) is 0.222. The van der Waals surface area contributed by atoms with Crippen molar-refractivity contribution in [1.29, 1.82) is 5.26 Å². The van der Waals surface area contributed by atoms with Crippen LogP contribution in [0.25, 0.3) is 0 Å². The lowest BCUT2D eigenvalue weighted by molar-refractivity contribution is -0.385. The highest BCUT2D eigenvalue weighted by Crippen LogP contribution is 2.27. The number of rotatable bonds is 5. The summed E-state index contributed by atoms with van der Waals surface area (Å²) >= 11 is 0. The normalized spacial score (nSPS) is 10.7. The number of hydrogen-bond acceptors (Lipinski definition) is 6. The van der Waals surface area contributed by atoms with Gasteiger partial charge in [-0.25, -0.2) is 13.6 Å². The molecular formula is C9H9N3O5S. The van der Waals surface area contributed by atoms with Crippen molar-refractivity contribution in [1.82, 2.24) is 0 Å². The topological polar surface area (TPSA) is 136 Å². The van der Waals surface area contributed by atoms with Crippen molar-refractivity contribution in [3.63, 3.8) is 0 Å². The van der Waals surface area contributed by atoms with Crippen LogP contribution >= 0.6 is 0 Å². The molecule has 9 heteroatoms. The lowest BCUT2D eigenvalue weighted by Gasteiger charge is -2.05. The highest BCUT2D eigenvalue weighted by molar-refractivity contribution is 7.89. The summed E-state index contributed by atoms with van der Waals surface area (Å²) in [7, 11) is -3.69. The number of nitrogens with two attached hydrogens (primary N) is 1. The molecule has 0 heterocycles. The summed E-state index contributed by atoms with van der Waals surface area (Å²) in [6, 6.07) is 5.37. The third kappa shape index (κ3) is 4.00. The van der Waals surface area contributed by atoms with Gasteiger partial charge >= 0.3 is 5.69 Å². The Kier molecular flexibility index (Phi) is 4.19. The molecule has 96 valence electrons. The summed E-state index contributed by atoms with van der Waals surface area (Å²) < 4.78 is 26.3. The van der Waals surface area contributed by atoms with Gasteiger partial charge in [0.2, 0.25) is 10.0 Å². The Morgan fingerprint density at radius 3 is 2.67 bits per heavy atom. The van der Waals surface area contributed by atoms with Crippen molar-refractivity contribution >= 4 is 15.7 Å². The van der Waals surface area contributed by atoms with Crippen molar-refractivity contribution in [2.45, 2.75) is 0 Å². The molecule has 0 amide bonds. The Hall–Kier alpha value is -2.18. The van der Waals surface area contributed by atoms with E-state index >= 15 is 0 Å². The molecule has 0 aliphatic rings. The molecule has 0 bridgehead atoms. The van der Waals surface area contributed by atoms with Crippen molar-refractivity contribution in [3.05, 3.63) is 33.9 Å². The van der Waals surface area contributed by atoms with Gasteiger partial charge in [-0.05, 0) is 12.1 Å². The van der Waals surface area contributed by atoms with Gasteiger partial charge in [0.1, 0.15) is 6.61 Å². The zero-order valence-corrected chi connectivity index (χ0v) is 9.88. The van der Waals surface area contributed by atoms with Crippen molar-refractivity contribution in [2.24, 2.45) is 5.14 Å². The predicted octanol–water partition coefficient (Wildman–Crippen LogP) is 0.134. The van der Waals surface area contributed by atoms with Gasteiger partial charge in [-0.1, -0.05) is 0 Å². The second-order valence-corrected chi connectivity index (χ2v) is 5.00. The number of nitro benzene ring substituents is 1. The van der Waals surface area contributed by atoms with Crippen LogP contribution in [0.1, 0.15) is 5.56 Å². The average molecular weight is 271 g/mol. The van der Waals surface area contributed by atoms with E-state index in [4.69, 9.17) is 15.1 Å². The molecule has 18 heavy (non-hydrogen) atoms. The Morgan fingerprint density at radius 1 is 1.50 bits per heavy atom. The van der Waals surface area contributed by atoms with E-state index in [1.54, 1.807) is 6.07 Å². The molecule has 0 unspecified atom stereocenters. The standard InChI is InChI=1S/C9H9N3O5S/c10-6-7-1-2-9(8(5-7)12(13)14)17-3-4-18(11,15)16/h1-2,5H,3-4H2,(H2,11,15,16). The summed E-state index contributed by atoms with van der Waals surface area (Å²) in [5.41, 5.74) is -0.288. The molecule has 0 atom stereocenters. The van der Waals surface area contributed by atoms with Crippen LogP contribution in [0.4, 0.5) is 5.69 Å². The number of primary sulfonamides is 1. The van der Waals surface area contributed by atoms with Gasteiger partial charge in [-0.3, -0.25) is 10.1 Å². The van der Waals surface area contributed by atoms with Gasteiger partial charge in [0.05, 0.1) is 22.3 Å². The van der Waals surface area contributed by atoms with Crippen LogP contribution in [0, 0.1) is 21.4 Å². The summed E-state index contributed by atoms with van der Waals surface area (Å²) in [4.78, 5) is 10.0. The van der Waals surface area contributed by atoms with Crippen LogP contribution in [-0.4, -0.2) is 25.7 Å². The third-order valence-electron chi connectivity index (χ3n) is 1.91. The maximum Gasteiger partial charge on any atom is 0.312 e. The Labute approximate surface area is 103 Å². The van der Waals surface area contributed by atoms with E-state index in [9.17, 15) is 18.5 Å². The van der Waals surface area contributed by atoms with Crippen LogP contribution in [0.2, 0.25) is 0 Å². The molecule has 0 aliphatic carbocycles. The number of ether oxygens (including phenoxy) is 1. The van der Waals surface area contributed by atoms with E-state index in [1.165, 1.54) is 12.1 Å². The summed E-state index contributed by atoms with van der Waals surface area (Å²) in [5, 5.41) is 24.1. The van der Waals surface area contributed by atoms with Gasteiger partial charge in [0, 0.05) is 6.07 Å². The van der Waals surface area contributed by atoms with Gasteiger partial charge < -0.3 is 4.74 Å². The second kappa shape index (κ2) is 5.44. The molecule has 0 saturated heterocycles. The maximum atomic E-state index is 10.7. The highest BCUT2D eigenvalue weighted by Gasteiger charge is 2.16. The first-order chi connectivity index (χ1) is 8.33. The van der Waals surface area contributed by atoms with Gasteiger partial charge in [0.25, 0.3) is 0 Å². The molecule has 1 rings (SSSR count). The van der Waals surface area contributed by atoms with E-state index in [0.717, 1.165) is 6.07 Å². The van der Waals surface area contributed by atoms with Crippen LogP contribution in [-0.2, 0) is 10.0 Å². The number of sulfonamides is 1. The highest BCUT2D eigenvalue weighted by atomic mass is 32.2. The van der Waals surface area contributed by atoms with Crippen molar-refractivity contribution < 1.29 is 18.1 Å². The predicted molar refractivity (Wildman–Crippen MR) is 61.3 cm³/mol. The van der Waals surface area contributed by atoms with E-state index < -0.39 is 26.4 Å². The van der Waals surface area contributed by atoms with Crippen LogP contribution in [0.15, 0.2) is 18.2 Å². The first-order valence-electron chi connectivity index (χ1n) is 4.65. The van der Waals surface area contributed by atoms with Crippen LogP contribution in [0.3, 0.4) is 0 Å². The van der Waals surface area contributed by atoms with Gasteiger partial charge in [-0.2, -0.15) is 5.26 Å². The van der Waals surface area contributed by atoms with E-state index in [-0.39, 0.29) is 17.9 Å². The molecule has 1 aromatic carbocycles. The van der Waals surface area contributed by atoms with Crippen molar-refractivity contribution in [3.8, 4) is 11.8 Å². The van der Waals surface area contributed by atoms with Crippen LogP contribution in [0.5, 0.6) is 5.75 Å². The Bertz CT molecular complexity index is 605. The largest absolute Gasteiger partial charge is 0.486 e. The maximum absolute atomic E-state index is 10.7. The molecule has 8 nitrogen and oxygen atoms in total. The molecule has 0 aromatic heterocycles. The minimum atomic E-state index is -3.69. The quantitative estimate of drug-likeness (QED) is 0.597. The fourth-order valence-electron chi connectivity index (χ4n) is 1.12. The summed E-state index contributed by atoms with van der Waals surface area (Å²) in [6.45, 7) is -0.300. The number of nitro groups is 1. The fourth-order valence-corrected chi connectivity index (χ4v) is 1.44. The monoisotopic (exact) mass is 271 g/mol. The smallest absolute Gasteiger partial charge is 0.312 e. The molecule has 0 radical (unpaired) electrons. The first-order valence-corrected chi connectivity index (χ1v) is 6.37. The minimum absolute atomic E-state index is 0.109. The number of nitriles is 1. The van der Waals surface area contributed by atoms with Gasteiger partial charge in [0.15, 0.2) is 5.75 Å². The van der Waals surface area contributed by atoms with E-state index in [0.29, 0.717) is 0 Å². The van der Waals surface area contributed by atoms with Crippen molar-refractivity contribution in [2.75, 3.05) is 12.4 Å². The molecule has 2 N–H and O–H groups in total. The SMILES string of the molecule is N#Cc1ccc(OCCS(N)(=O)=O)c([N+](=O)[O-])c1. The third-order valence-corrected chi connectivity index (χ3v) is 2.65. The Morgan fingerprint density at radius 2 is 2.17 bits per heavy atom. The first kappa shape index (κ1) is 13.9. The second-order valence-electron chi connectivity index (χ2n) is 3.27. The Balaban J connectivity index is 2.89. The van der Waals surface area contributed by atoms with E-state index in [2.05, 4.69) is 0 Å². The average Bonchev–Trinajstić information content (AvgIpc) is 2.27.